The van der Waals surface area contributed by atoms with Crippen molar-refractivity contribution in [1.82, 2.24) is 0 Å². The van der Waals surface area contributed by atoms with E-state index < -0.39 is 5.97 Å². The number of carbonyl (C=O) groups is 1. The molecule has 3 heteroatoms. The van der Waals surface area contributed by atoms with Crippen LogP contribution in [0.3, 0.4) is 0 Å². The molecule has 0 aromatic carbocycles. The monoisotopic (exact) mass is 182 g/mol. The average Bonchev–Trinajstić information content (AvgIpc) is 2.64. The molecule has 0 aromatic heterocycles. The summed E-state index contributed by atoms with van der Waals surface area (Å²) in [5.41, 5.74) is 0. The second-order valence-corrected chi connectivity index (χ2v) is 2.81. The highest BCUT2D eigenvalue weighted by atomic mass is 16.6. The van der Waals surface area contributed by atoms with Gasteiger partial charge in [-0.05, 0) is 12.8 Å². The number of hydrogen-bond donors (Lipinski definition) is 0. The number of rotatable bonds is 5. The third kappa shape index (κ3) is 3.90. The topological polar surface area (TPSA) is 35.5 Å². The van der Waals surface area contributed by atoms with E-state index in [-0.39, 0.29) is 6.10 Å². The van der Waals surface area contributed by atoms with Crippen molar-refractivity contribution in [3.05, 3.63) is 24.8 Å². The maximum atomic E-state index is 10.6. The van der Waals surface area contributed by atoms with Crippen LogP contribution in [0.2, 0.25) is 0 Å². The van der Waals surface area contributed by atoms with Crippen LogP contribution in [-0.4, -0.2) is 25.3 Å². The van der Waals surface area contributed by atoms with E-state index in [2.05, 4.69) is 18.7 Å². The lowest BCUT2D eigenvalue weighted by Gasteiger charge is -2.10. The first-order chi connectivity index (χ1) is 6.33. The Balaban J connectivity index is 1.95. The maximum absolute atomic E-state index is 10.6. The van der Waals surface area contributed by atoms with Gasteiger partial charge in [0.1, 0.15) is 6.61 Å². The van der Waals surface area contributed by atoms with Crippen LogP contribution in [0, 0.1) is 0 Å². The van der Waals surface area contributed by atoms with E-state index in [0.717, 1.165) is 18.9 Å². The van der Waals surface area contributed by atoms with Crippen molar-refractivity contribution in [1.29, 1.82) is 0 Å². The molecule has 0 spiro atoms. The lowest BCUT2D eigenvalue weighted by atomic mass is 10.3. The predicted molar refractivity (Wildman–Crippen MR) is 49.3 cm³/mol. The lowest BCUT2D eigenvalue weighted by molar-refractivity contribution is -0.139. The first-order valence-electron chi connectivity index (χ1n) is 4.38. The second kappa shape index (κ2) is 5.54. The minimum Gasteiger partial charge on any atom is -0.460 e. The summed E-state index contributed by atoms with van der Waals surface area (Å²) in [5.74, 6) is -0.395. The molecular weight excluding hydrogens is 168 g/mol. The summed E-state index contributed by atoms with van der Waals surface area (Å²) in [6.45, 7) is 4.06. The Kier molecular flexibility index (Phi) is 4.26. The molecule has 0 fully saturated rings. The van der Waals surface area contributed by atoms with Gasteiger partial charge in [-0.15, -0.1) is 0 Å². The van der Waals surface area contributed by atoms with Crippen molar-refractivity contribution >= 4 is 5.97 Å². The Labute approximate surface area is 78.0 Å². The minimum absolute atomic E-state index is 0.280. The van der Waals surface area contributed by atoms with E-state index in [1.54, 1.807) is 0 Å². The number of ether oxygens (including phenoxy) is 2. The van der Waals surface area contributed by atoms with Crippen molar-refractivity contribution in [2.45, 2.75) is 18.9 Å². The summed E-state index contributed by atoms with van der Waals surface area (Å²) in [6, 6.07) is 0. The second-order valence-electron chi connectivity index (χ2n) is 2.81. The average molecular weight is 182 g/mol. The lowest BCUT2D eigenvalue weighted by Crippen LogP contribution is -2.14. The third-order valence-electron chi connectivity index (χ3n) is 1.81. The Bertz CT molecular complexity index is 200. The van der Waals surface area contributed by atoms with Crippen molar-refractivity contribution in [2.75, 3.05) is 13.2 Å². The van der Waals surface area contributed by atoms with Gasteiger partial charge in [-0.3, -0.25) is 0 Å². The largest absolute Gasteiger partial charge is 0.460 e. The van der Waals surface area contributed by atoms with E-state index in [0.29, 0.717) is 13.2 Å². The molecule has 0 atom stereocenters. The van der Waals surface area contributed by atoms with Gasteiger partial charge in [0, 0.05) is 6.08 Å². The fourth-order valence-corrected chi connectivity index (χ4v) is 1.14. The summed E-state index contributed by atoms with van der Waals surface area (Å²) < 4.78 is 10.2. The van der Waals surface area contributed by atoms with Gasteiger partial charge in [0.2, 0.25) is 0 Å². The molecule has 0 aliphatic heterocycles. The summed E-state index contributed by atoms with van der Waals surface area (Å²) in [6.07, 6.45) is 7.56. The van der Waals surface area contributed by atoms with Gasteiger partial charge in [0.15, 0.2) is 0 Å². The quantitative estimate of drug-likeness (QED) is 0.279. The van der Waals surface area contributed by atoms with Crippen LogP contribution in [0.25, 0.3) is 0 Å². The molecule has 0 aromatic rings. The van der Waals surface area contributed by atoms with Crippen LogP contribution >= 0.6 is 0 Å². The molecule has 0 radical (unpaired) electrons. The standard InChI is InChI=1S/C10H14O3/c1-2-10(11)13-8-7-12-9-5-3-4-6-9/h2-4,9H,1,5-8H2. The molecule has 0 N–H and O–H groups in total. The molecule has 0 unspecified atom stereocenters. The minimum atomic E-state index is -0.395. The molecule has 72 valence electrons. The zero-order valence-corrected chi connectivity index (χ0v) is 7.57. The maximum Gasteiger partial charge on any atom is 0.330 e. The number of hydrogen-bond acceptors (Lipinski definition) is 3. The zero-order valence-electron chi connectivity index (χ0n) is 7.57. The van der Waals surface area contributed by atoms with E-state index in [1.165, 1.54) is 0 Å². The number of esters is 1. The molecule has 0 saturated carbocycles. The molecule has 0 saturated heterocycles. The summed E-state index contributed by atoms with van der Waals surface area (Å²) in [7, 11) is 0. The molecule has 13 heavy (non-hydrogen) atoms. The van der Waals surface area contributed by atoms with E-state index in [9.17, 15) is 4.79 Å². The van der Waals surface area contributed by atoms with Gasteiger partial charge in [0.25, 0.3) is 0 Å². The van der Waals surface area contributed by atoms with E-state index in [4.69, 9.17) is 9.47 Å². The molecule has 1 rings (SSSR count). The normalized spacial score (nSPS) is 16.0. The first-order valence-corrected chi connectivity index (χ1v) is 4.38. The van der Waals surface area contributed by atoms with Crippen LogP contribution < -0.4 is 0 Å². The van der Waals surface area contributed by atoms with Gasteiger partial charge in [0.05, 0.1) is 12.7 Å². The van der Waals surface area contributed by atoms with Gasteiger partial charge >= 0.3 is 5.97 Å². The van der Waals surface area contributed by atoms with Crippen LogP contribution in [-0.2, 0) is 14.3 Å². The molecule has 0 amide bonds. The van der Waals surface area contributed by atoms with Crippen LogP contribution in [0.1, 0.15) is 12.8 Å². The van der Waals surface area contributed by atoms with Gasteiger partial charge < -0.3 is 9.47 Å². The van der Waals surface area contributed by atoms with Crippen molar-refractivity contribution in [2.24, 2.45) is 0 Å². The highest BCUT2D eigenvalue weighted by molar-refractivity contribution is 5.81. The van der Waals surface area contributed by atoms with E-state index in [1.807, 2.05) is 0 Å². The predicted octanol–water partition coefficient (Wildman–Crippen LogP) is 1.45. The van der Waals surface area contributed by atoms with E-state index >= 15 is 0 Å². The van der Waals surface area contributed by atoms with Gasteiger partial charge in [-0.1, -0.05) is 18.7 Å². The van der Waals surface area contributed by atoms with Gasteiger partial charge in [-0.25, -0.2) is 4.79 Å². The van der Waals surface area contributed by atoms with Crippen LogP contribution in [0.15, 0.2) is 24.8 Å². The molecule has 0 bridgehead atoms. The molecule has 1 aliphatic rings. The van der Waals surface area contributed by atoms with Crippen molar-refractivity contribution in [3.63, 3.8) is 0 Å². The molecule has 3 nitrogen and oxygen atoms in total. The smallest absolute Gasteiger partial charge is 0.330 e. The summed E-state index contributed by atoms with van der Waals surface area (Å²) in [4.78, 5) is 10.6. The Morgan fingerprint density at radius 1 is 1.46 bits per heavy atom. The third-order valence-corrected chi connectivity index (χ3v) is 1.81. The van der Waals surface area contributed by atoms with Crippen molar-refractivity contribution in [3.8, 4) is 0 Å². The summed E-state index contributed by atoms with van der Waals surface area (Å²) in [5, 5.41) is 0. The fourth-order valence-electron chi connectivity index (χ4n) is 1.14. The van der Waals surface area contributed by atoms with Crippen molar-refractivity contribution < 1.29 is 14.3 Å². The van der Waals surface area contributed by atoms with Gasteiger partial charge in [-0.2, -0.15) is 0 Å². The fraction of sp³-hybridized carbons (Fsp3) is 0.500. The Morgan fingerprint density at radius 2 is 2.15 bits per heavy atom. The highest BCUT2D eigenvalue weighted by Gasteiger charge is 2.09. The zero-order chi connectivity index (χ0) is 9.52. The highest BCUT2D eigenvalue weighted by Crippen LogP contribution is 2.12. The molecule has 1 aliphatic carbocycles. The Morgan fingerprint density at radius 3 is 2.77 bits per heavy atom. The SMILES string of the molecule is C=CC(=O)OCCOC1CC=CC1. The van der Waals surface area contributed by atoms with Crippen LogP contribution in [0.4, 0.5) is 0 Å². The Hall–Kier alpha value is -1.09. The molecule has 0 heterocycles. The van der Waals surface area contributed by atoms with Crippen LogP contribution in [0.5, 0.6) is 0 Å². The molecular formula is C10H14O3. The summed E-state index contributed by atoms with van der Waals surface area (Å²) >= 11 is 0. The number of carbonyl (C=O) groups excluding carboxylic acids is 1. The first kappa shape index (κ1) is 9.99.